The number of hydrogen-bond acceptors (Lipinski definition) is 9. The van der Waals surface area contributed by atoms with Crippen molar-refractivity contribution >= 4 is 34.2 Å². The molecule has 10 nitrogen and oxygen atoms in total. The van der Waals surface area contributed by atoms with E-state index < -0.39 is 30.4 Å². The maximum atomic E-state index is 13.2. The van der Waals surface area contributed by atoms with E-state index in [0.717, 1.165) is 17.8 Å². The van der Waals surface area contributed by atoms with Gasteiger partial charge in [0.2, 0.25) is 5.82 Å². The molecule has 4 rings (SSSR count). The summed E-state index contributed by atoms with van der Waals surface area (Å²) in [5, 5.41) is 26.0. The molecule has 1 saturated heterocycles. The Labute approximate surface area is 186 Å². The molecule has 0 saturated carbocycles. The number of aliphatic hydroxyl groups is 2. The number of carbonyl (C=O) groups is 1. The van der Waals surface area contributed by atoms with Gasteiger partial charge in [-0.2, -0.15) is 4.39 Å². The van der Waals surface area contributed by atoms with E-state index in [9.17, 15) is 19.4 Å². The van der Waals surface area contributed by atoms with Gasteiger partial charge in [-0.15, -0.1) is 0 Å². The third kappa shape index (κ3) is 4.15. The van der Waals surface area contributed by atoms with Gasteiger partial charge < -0.3 is 25.6 Å². The summed E-state index contributed by atoms with van der Waals surface area (Å²) in [5.74, 6) is 5.69. The van der Waals surface area contributed by atoms with Gasteiger partial charge in [0.1, 0.15) is 12.2 Å². The zero-order valence-corrected chi connectivity index (χ0v) is 18.1. The Kier molecular flexibility index (Phi) is 6.33. The number of carbonyl (C=O) groups excluding carboxylic acids is 1. The molecule has 0 aliphatic carbocycles. The Morgan fingerprint density at radius 1 is 1.31 bits per heavy atom. The number of likely N-dealkylation sites (N-methyl/N-ethyl adjacent to an activating group) is 1. The molecule has 4 N–H and O–H groups in total. The minimum atomic E-state index is -1.43. The number of anilines is 1. The highest BCUT2D eigenvalue weighted by Crippen LogP contribution is 2.32. The molecule has 1 amide bonds. The SMILES string of the molecule is CCCNc1nc(C#Cc2ccc(F)s2)nc2c1ncn2[C@@H]1O[C@H](C(=O)NC)[C@@H](O)[C@H]1O. The minimum absolute atomic E-state index is 0.155. The zero-order chi connectivity index (χ0) is 22.8. The first-order valence-corrected chi connectivity index (χ1v) is 10.7. The predicted octanol–water partition coefficient (Wildman–Crippen LogP) is 0.614. The van der Waals surface area contributed by atoms with Crippen molar-refractivity contribution in [2.24, 2.45) is 0 Å². The number of nitrogens with one attached hydrogen (secondary N) is 2. The van der Waals surface area contributed by atoms with Crippen LogP contribution in [0.5, 0.6) is 0 Å². The Bertz CT molecular complexity index is 1200. The summed E-state index contributed by atoms with van der Waals surface area (Å²) >= 11 is 0.912. The van der Waals surface area contributed by atoms with Crippen molar-refractivity contribution in [1.29, 1.82) is 0 Å². The second kappa shape index (κ2) is 9.17. The van der Waals surface area contributed by atoms with E-state index >= 15 is 0 Å². The lowest BCUT2D eigenvalue weighted by atomic mass is 10.1. The predicted molar refractivity (Wildman–Crippen MR) is 114 cm³/mol. The molecule has 0 bridgehead atoms. The van der Waals surface area contributed by atoms with Crippen molar-refractivity contribution in [3.63, 3.8) is 0 Å². The van der Waals surface area contributed by atoms with Crippen LogP contribution >= 0.6 is 11.3 Å². The van der Waals surface area contributed by atoms with Crippen LogP contribution in [-0.2, 0) is 9.53 Å². The van der Waals surface area contributed by atoms with Gasteiger partial charge in [0.25, 0.3) is 5.91 Å². The van der Waals surface area contributed by atoms with E-state index in [1.165, 1.54) is 24.0 Å². The Morgan fingerprint density at radius 3 is 2.81 bits per heavy atom. The fourth-order valence-electron chi connectivity index (χ4n) is 3.27. The molecule has 1 fully saturated rings. The molecule has 4 atom stereocenters. The lowest BCUT2D eigenvalue weighted by Gasteiger charge is -2.16. The topological polar surface area (TPSA) is 134 Å². The second-order valence-corrected chi connectivity index (χ2v) is 8.08. The quantitative estimate of drug-likeness (QED) is 0.407. The first kappa shape index (κ1) is 22.1. The number of aliphatic hydroxyl groups excluding tert-OH is 2. The zero-order valence-electron chi connectivity index (χ0n) is 17.2. The van der Waals surface area contributed by atoms with Crippen LogP contribution in [0.1, 0.15) is 30.3 Å². The smallest absolute Gasteiger partial charge is 0.251 e. The summed E-state index contributed by atoms with van der Waals surface area (Å²) in [6.45, 7) is 2.63. The number of halogens is 1. The highest BCUT2D eigenvalue weighted by Gasteiger charge is 2.47. The molecule has 1 aliphatic heterocycles. The summed E-state index contributed by atoms with van der Waals surface area (Å²) < 4.78 is 20.3. The van der Waals surface area contributed by atoms with Gasteiger partial charge in [-0.25, -0.2) is 15.0 Å². The lowest BCUT2D eigenvalue weighted by Crippen LogP contribution is -2.41. The van der Waals surface area contributed by atoms with Gasteiger partial charge in [0.15, 0.2) is 34.4 Å². The molecule has 32 heavy (non-hydrogen) atoms. The number of fused-ring (bicyclic) bond motifs is 1. The summed E-state index contributed by atoms with van der Waals surface area (Å²) in [6.07, 6.45) is -2.92. The molecule has 0 unspecified atom stereocenters. The van der Waals surface area contributed by atoms with Gasteiger partial charge >= 0.3 is 0 Å². The third-order valence-electron chi connectivity index (χ3n) is 4.85. The first-order chi connectivity index (χ1) is 15.4. The number of rotatable bonds is 5. The summed E-state index contributed by atoms with van der Waals surface area (Å²) in [6, 6.07) is 2.89. The van der Waals surface area contributed by atoms with E-state index in [0.29, 0.717) is 28.4 Å². The third-order valence-corrected chi connectivity index (χ3v) is 5.64. The Morgan fingerprint density at radius 2 is 2.12 bits per heavy atom. The van der Waals surface area contributed by atoms with Crippen LogP contribution in [-0.4, -0.2) is 67.5 Å². The van der Waals surface area contributed by atoms with Crippen LogP contribution in [0.25, 0.3) is 11.2 Å². The number of aromatic nitrogens is 4. The maximum Gasteiger partial charge on any atom is 0.251 e. The fraction of sp³-hybridized carbons (Fsp3) is 0.400. The van der Waals surface area contributed by atoms with E-state index in [-0.39, 0.29) is 11.0 Å². The van der Waals surface area contributed by atoms with Crippen LogP contribution in [0.4, 0.5) is 10.2 Å². The fourth-order valence-corrected chi connectivity index (χ4v) is 3.86. The van der Waals surface area contributed by atoms with Gasteiger partial charge in [-0.1, -0.05) is 18.3 Å². The van der Waals surface area contributed by atoms with Gasteiger partial charge in [-0.3, -0.25) is 9.36 Å². The number of nitrogens with zero attached hydrogens (tertiary/aromatic N) is 4. The van der Waals surface area contributed by atoms with Crippen molar-refractivity contribution in [3.05, 3.63) is 34.3 Å². The molecule has 4 heterocycles. The number of hydrogen-bond donors (Lipinski definition) is 4. The molecule has 0 aromatic carbocycles. The van der Waals surface area contributed by atoms with E-state index in [4.69, 9.17) is 4.74 Å². The van der Waals surface area contributed by atoms with Crippen LogP contribution in [0, 0.1) is 17.0 Å². The van der Waals surface area contributed by atoms with Crippen LogP contribution in [0.3, 0.4) is 0 Å². The van der Waals surface area contributed by atoms with Crippen molar-refractivity contribution in [2.75, 3.05) is 18.9 Å². The minimum Gasteiger partial charge on any atom is -0.387 e. The van der Waals surface area contributed by atoms with Gasteiger partial charge in [0, 0.05) is 13.6 Å². The highest BCUT2D eigenvalue weighted by molar-refractivity contribution is 7.10. The standard InChI is InChI=1S/C20H21FN6O4S/c1-3-8-23-17-13-18(26-12(25-17)7-5-10-4-6-11(21)32-10)27(9-24-13)20-15(29)14(28)16(31-20)19(30)22-2/h4,6,9,14-16,20,28-29H,3,8H2,1-2H3,(H,22,30)(H,23,25,26)/t14-,15+,16-,20+/m0/s1. The average molecular weight is 460 g/mol. The number of imidazole rings is 1. The number of ether oxygens (including phenoxy) is 1. The molecule has 0 radical (unpaired) electrons. The van der Waals surface area contributed by atoms with Crippen LogP contribution in [0.15, 0.2) is 18.5 Å². The van der Waals surface area contributed by atoms with Gasteiger partial charge in [-0.05, 0) is 30.4 Å². The van der Waals surface area contributed by atoms with E-state index in [1.54, 1.807) is 6.07 Å². The van der Waals surface area contributed by atoms with Gasteiger partial charge in [0.05, 0.1) is 11.2 Å². The summed E-state index contributed by atoms with van der Waals surface area (Å²) in [7, 11) is 1.41. The summed E-state index contributed by atoms with van der Waals surface area (Å²) in [5.41, 5.74) is 0.717. The van der Waals surface area contributed by atoms with Crippen LogP contribution < -0.4 is 10.6 Å². The average Bonchev–Trinajstić information content (AvgIpc) is 3.48. The molecule has 3 aromatic heterocycles. The molecule has 0 spiro atoms. The Balaban J connectivity index is 1.76. The maximum absolute atomic E-state index is 13.2. The van der Waals surface area contributed by atoms with Crippen molar-refractivity contribution in [3.8, 4) is 11.8 Å². The number of amides is 1. The molecular formula is C20H21FN6O4S. The highest BCUT2D eigenvalue weighted by atomic mass is 32.1. The normalized spacial score (nSPS) is 22.5. The monoisotopic (exact) mass is 460 g/mol. The molecule has 3 aromatic rings. The number of thiophene rings is 1. The van der Waals surface area contributed by atoms with Crippen LogP contribution in [0.2, 0.25) is 0 Å². The lowest BCUT2D eigenvalue weighted by molar-refractivity contribution is -0.137. The molecule has 168 valence electrons. The molecule has 1 aliphatic rings. The van der Waals surface area contributed by atoms with Crippen molar-refractivity contribution in [2.45, 2.75) is 37.9 Å². The van der Waals surface area contributed by atoms with Crippen molar-refractivity contribution < 1.29 is 24.1 Å². The largest absolute Gasteiger partial charge is 0.387 e. The van der Waals surface area contributed by atoms with E-state index in [2.05, 4.69) is 37.4 Å². The second-order valence-electron chi connectivity index (χ2n) is 7.04. The molecular weight excluding hydrogens is 439 g/mol. The molecule has 12 heteroatoms. The summed E-state index contributed by atoms with van der Waals surface area (Å²) in [4.78, 5) is 25.7. The van der Waals surface area contributed by atoms with Crippen molar-refractivity contribution in [1.82, 2.24) is 24.8 Å². The Hall–Kier alpha value is -3.11. The first-order valence-electron chi connectivity index (χ1n) is 9.92. The van der Waals surface area contributed by atoms with E-state index in [1.807, 2.05) is 6.92 Å².